The number of nitrogens with two attached hydrogens (primary N) is 1. The molecule has 1 aromatic rings. The molecular weight excluding hydrogens is 262 g/mol. The molecule has 1 unspecified atom stereocenters. The molecule has 0 bridgehead atoms. The van der Waals surface area contributed by atoms with Crippen LogP contribution in [0.5, 0.6) is 0 Å². The van der Waals surface area contributed by atoms with Crippen LogP contribution in [0.4, 0.5) is 0 Å². The van der Waals surface area contributed by atoms with Crippen molar-refractivity contribution in [2.75, 3.05) is 12.4 Å². The maximum absolute atomic E-state index is 11.8. The van der Waals surface area contributed by atoms with Gasteiger partial charge in [0.25, 0.3) is 0 Å². The molecule has 1 amide bonds. The van der Waals surface area contributed by atoms with E-state index in [0.717, 1.165) is 6.42 Å². The lowest BCUT2D eigenvalue weighted by molar-refractivity contribution is -0.120. The zero-order valence-corrected chi connectivity index (χ0v) is 13.0. The van der Waals surface area contributed by atoms with Crippen molar-refractivity contribution in [3.63, 3.8) is 0 Å². The number of thioether (sulfide) groups is 1. The summed E-state index contributed by atoms with van der Waals surface area (Å²) in [6, 6.07) is 0. The molecule has 0 spiro atoms. The number of aromatic nitrogens is 3. The summed E-state index contributed by atoms with van der Waals surface area (Å²) in [4.78, 5) is 11.8. The molecular formula is C12H23N5OS. The number of nitrogen functional groups attached to an aromatic ring is 1. The first-order valence-electron chi connectivity index (χ1n) is 6.42. The molecule has 0 saturated carbocycles. The van der Waals surface area contributed by atoms with Crippen LogP contribution in [-0.2, 0) is 10.2 Å². The number of amides is 1. The normalized spacial score (nSPS) is 13.3. The minimum absolute atomic E-state index is 0.00726. The predicted molar refractivity (Wildman–Crippen MR) is 77.5 cm³/mol. The number of nitrogens with zero attached hydrogens (tertiary/aromatic N) is 3. The number of nitrogens with one attached hydrogen (secondary N) is 1. The number of rotatable bonds is 5. The summed E-state index contributed by atoms with van der Waals surface area (Å²) in [5, 5.41) is 11.3. The predicted octanol–water partition coefficient (Wildman–Crippen LogP) is 1.30. The first kappa shape index (κ1) is 15.8. The fourth-order valence-corrected chi connectivity index (χ4v) is 2.27. The molecule has 1 atom stereocenters. The Balaban J connectivity index is 2.73. The van der Waals surface area contributed by atoms with Gasteiger partial charge in [-0.2, -0.15) is 0 Å². The second kappa shape index (κ2) is 6.27. The summed E-state index contributed by atoms with van der Waals surface area (Å²) in [6.07, 6.45) is 0.921. The molecule has 1 aromatic heterocycles. The van der Waals surface area contributed by atoms with E-state index >= 15 is 0 Å². The molecule has 0 aliphatic carbocycles. The molecule has 19 heavy (non-hydrogen) atoms. The van der Waals surface area contributed by atoms with Gasteiger partial charge in [-0.1, -0.05) is 39.5 Å². The summed E-state index contributed by atoms with van der Waals surface area (Å²) in [5.74, 6) is 6.67. The van der Waals surface area contributed by atoms with E-state index in [4.69, 9.17) is 5.84 Å². The molecule has 0 fully saturated rings. The standard InChI is InChI=1S/C12H23N5OS/c1-6-7-14-9(18)8(2)19-11-16-15-10(17(11)13)12(3,4)5/h8H,6-7,13H2,1-5H3,(H,14,18). The molecule has 0 saturated heterocycles. The van der Waals surface area contributed by atoms with E-state index in [1.54, 1.807) is 0 Å². The van der Waals surface area contributed by atoms with Crippen molar-refractivity contribution in [1.82, 2.24) is 20.2 Å². The van der Waals surface area contributed by atoms with Crippen LogP contribution in [0.3, 0.4) is 0 Å². The third-order valence-corrected chi connectivity index (χ3v) is 3.59. The van der Waals surface area contributed by atoms with Gasteiger partial charge >= 0.3 is 0 Å². The molecule has 108 valence electrons. The molecule has 3 N–H and O–H groups in total. The highest BCUT2D eigenvalue weighted by molar-refractivity contribution is 8.00. The molecule has 0 radical (unpaired) electrons. The fraction of sp³-hybridized carbons (Fsp3) is 0.750. The van der Waals surface area contributed by atoms with Crippen LogP contribution in [-0.4, -0.2) is 32.6 Å². The van der Waals surface area contributed by atoms with Crippen LogP contribution >= 0.6 is 11.8 Å². The van der Waals surface area contributed by atoms with Gasteiger partial charge in [0.05, 0.1) is 5.25 Å². The summed E-state index contributed by atoms with van der Waals surface area (Å²) >= 11 is 1.32. The average molecular weight is 285 g/mol. The van der Waals surface area contributed by atoms with Crippen molar-refractivity contribution >= 4 is 17.7 Å². The topological polar surface area (TPSA) is 85.8 Å². The van der Waals surface area contributed by atoms with Crippen molar-refractivity contribution in [2.24, 2.45) is 0 Å². The maximum atomic E-state index is 11.8. The van der Waals surface area contributed by atoms with Crippen molar-refractivity contribution in [3.8, 4) is 0 Å². The average Bonchev–Trinajstić information content (AvgIpc) is 2.67. The van der Waals surface area contributed by atoms with E-state index in [9.17, 15) is 4.79 Å². The Morgan fingerprint density at radius 1 is 1.47 bits per heavy atom. The molecule has 1 rings (SSSR count). The molecule has 0 aliphatic rings. The summed E-state index contributed by atoms with van der Waals surface area (Å²) in [6.45, 7) is 10.6. The highest BCUT2D eigenvalue weighted by Crippen LogP contribution is 2.25. The van der Waals surface area contributed by atoms with Crippen molar-refractivity contribution in [2.45, 2.75) is 56.9 Å². The zero-order valence-electron chi connectivity index (χ0n) is 12.2. The minimum Gasteiger partial charge on any atom is -0.355 e. The first-order chi connectivity index (χ1) is 8.77. The lowest BCUT2D eigenvalue weighted by Crippen LogP contribution is -2.32. The van der Waals surface area contributed by atoms with Crippen molar-refractivity contribution < 1.29 is 4.79 Å². The van der Waals surface area contributed by atoms with Gasteiger partial charge in [0.15, 0.2) is 5.82 Å². The monoisotopic (exact) mass is 285 g/mol. The maximum Gasteiger partial charge on any atom is 0.233 e. The summed E-state index contributed by atoms with van der Waals surface area (Å²) in [5.41, 5.74) is -0.172. The highest BCUT2D eigenvalue weighted by atomic mass is 32.2. The van der Waals surface area contributed by atoms with Gasteiger partial charge in [0.2, 0.25) is 11.1 Å². The smallest absolute Gasteiger partial charge is 0.233 e. The number of hydrogen-bond donors (Lipinski definition) is 2. The van der Waals surface area contributed by atoms with E-state index in [-0.39, 0.29) is 16.6 Å². The SMILES string of the molecule is CCCNC(=O)C(C)Sc1nnc(C(C)(C)C)n1N. The van der Waals surface area contributed by atoms with Gasteiger partial charge in [-0.3, -0.25) is 4.79 Å². The quantitative estimate of drug-likeness (QED) is 0.629. The minimum atomic E-state index is -0.245. The van der Waals surface area contributed by atoms with Gasteiger partial charge in [-0.15, -0.1) is 10.2 Å². The fourth-order valence-electron chi connectivity index (χ4n) is 1.47. The van der Waals surface area contributed by atoms with E-state index in [1.165, 1.54) is 16.4 Å². The Morgan fingerprint density at radius 3 is 2.58 bits per heavy atom. The van der Waals surface area contributed by atoms with E-state index < -0.39 is 0 Å². The molecule has 0 aliphatic heterocycles. The van der Waals surface area contributed by atoms with Gasteiger partial charge in [-0.05, 0) is 13.3 Å². The van der Waals surface area contributed by atoms with E-state index in [2.05, 4.69) is 15.5 Å². The highest BCUT2D eigenvalue weighted by Gasteiger charge is 2.25. The van der Waals surface area contributed by atoms with E-state index in [1.807, 2.05) is 34.6 Å². The van der Waals surface area contributed by atoms with E-state index in [0.29, 0.717) is 17.5 Å². The van der Waals surface area contributed by atoms with Crippen LogP contribution in [0.2, 0.25) is 0 Å². The Hall–Kier alpha value is -1.24. The number of carbonyl (C=O) groups is 1. The zero-order chi connectivity index (χ0) is 14.6. The van der Waals surface area contributed by atoms with Crippen LogP contribution < -0.4 is 11.2 Å². The third kappa shape index (κ3) is 4.12. The Morgan fingerprint density at radius 2 is 2.11 bits per heavy atom. The lowest BCUT2D eigenvalue weighted by atomic mass is 9.96. The second-order valence-corrected chi connectivity index (χ2v) is 6.79. The van der Waals surface area contributed by atoms with Crippen LogP contribution in [0.25, 0.3) is 0 Å². The molecule has 1 heterocycles. The number of hydrogen-bond acceptors (Lipinski definition) is 5. The second-order valence-electron chi connectivity index (χ2n) is 5.48. The largest absolute Gasteiger partial charge is 0.355 e. The Labute approximate surface area is 118 Å². The first-order valence-corrected chi connectivity index (χ1v) is 7.30. The van der Waals surface area contributed by atoms with Gasteiger partial charge < -0.3 is 11.2 Å². The van der Waals surface area contributed by atoms with Crippen molar-refractivity contribution in [1.29, 1.82) is 0 Å². The Bertz CT molecular complexity index is 438. The van der Waals surface area contributed by atoms with Crippen LogP contribution in [0.15, 0.2) is 5.16 Å². The van der Waals surface area contributed by atoms with Gasteiger partial charge in [0.1, 0.15) is 0 Å². The lowest BCUT2D eigenvalue weighted by Gasteiger charge is -2.17. The van der Waals surface area contributed by atoms with Gasteiger partial charge in [0, 0.05) is 12.0 Å². The van der Waals surface area contributed by atoms with Gasteiger partial charge in [-0.25, -0.2) is 4.68 Å². The number of carbonyl (C=O) groups excluding carboxylic acids is 1. The van der Waals surface area contributed by atoms with Crippen molar-refractivity contribution in [3.05, 3.63) is 5.82 Å². The van der Waals surface area contributed by atoms with Crippen LogP contribution in [0.1, 0.15) is 46.9 Å². The molecule has 6 nitrogen and oxygen atoms in total. The summed E-state index contributed by atoms with van der Waals surface area (Å²) < 4.78 is 1.47. The Kier molecular flexibility index (Phi) is 5.22. The third-order valence-electron chi connectivity index (χ3n) is 2.54. The molecule has 7 heteroatoms. The van der Waals surface area contributed by atoms with Crippen LogP contribution in [0, 0.1) is 0 Å². The summed E-state index contributed by atoms with van der Waals surface area (Å²) in [7, 11) is 0. The molecule has 0 aromatic carbocycles.